The second-order valence-electron chi connectivity index (χ2n) is 4.73. The lowest BCUT2D eigenvalue weighted by Crippen LogP contribution is -2.52. The van der Waals surface area contributed by atoms with Crippen LogP contribution in [-0.2, 0) is 4.74 Å². The summed E-state index contributed by atoms with van der Waals surface area (Å²) in [5, 5.41) is 0. The maximum absolute atomic E-state index is 5.95. The topological polar surface area (TPSA) is 38.5 Å². The van der Waals surface area contributed by atoms with Gasteiger partial charge >= 0.3 is 0 Å². The number of rotatable bonds is 10. The van der Waals surface area contributed by atoms with E-state index in [9.17, 15) is 0 Å². The first kappa shape index (κ1) is 15.9. The van der Waals surface area contributed by atoms with Crippen LogP contribution in [-0.4, -0.2) is 43.8 Å². The quantitative estimate of drug-likeness (QED) is 0.585. The third kappa shape index (κ3) is 5.28. The molecule has 0 amide bonds. The van der Waals surface area contributed by atoms with E-state index in [1.807, 2.05) is 0 Å². The van der Waals surface area contributed by atoms with E-state index in [1.54, 1.807) is 7.11 Å². The number of hydrogen-bond donors (Lipinski definition) is 1. The van der Waals surface area contributed by atoms with Gasteiger partial charge in [-0.05, 0) is 19.9 Å². The molecule has 2 N–H and O–H groups in total. The van der Waals surface area contributed by atoms with Gasteiger partial charge in [-0.3, -0.25) is 4.90 Å². The van der Waals surface area contributed by atoms with Gasteiger partial charge in [-0.15, -0.1) is 0 Å². The summed E-state index contributed by atoms with van der Waals surface area (Å²) >= 11 is 0. The maximum atomic E-state index is 5.95. The van der Waals surface area contributed by atoms with Crippen molar-refractivity contribution in [1.29, 1.82) is 0 Å². The van der Waals surface area contributed by atoms with E-state index >= 15 is 0 Å². The number of nitrogens with two attached hydrogens (primary N) is 1. The molecule has 3 nitrogen and oxygen atoms in total. The van der Waals surface area contributed by atoms with Crippen LogP contribution in [0.2, 0.25) is 0 Å². The molecular weight excluding hydrogens is 200 g/mol. The highest BCUT2D eigenvalue weighted by atomic mass is 16.5. The Morgan fingerprint density at radius 1 is 1.25 bits per heavy atom. The summed E-state index contributed by atoms with van der Waals surface area (Å²) in [5.41, 5.74) is 6.10. The fourth-order valence-electron chi connectivity index (χ4n) is 2.16. The molecule has 0 aliphatic heterocycles. The van der Waals surface area contributed by atoms with Gasteiger partial charge in [0.1, 0.15) is 0 Å². The highest BCUT2D eigenvalue weighted by molar-refractivity contribution is 4.86. The molecule has 0 fully saturated rings. The minimum atomic E-state index is 0.141. The smallest absolute Gasteiger partial charge is 0.0589 e. The van der Waals surface area contributed by atoms with Gasteiger partial charge in [0.05, 0.1) is 6.61 Å². The normalized spacial score (nSPS) is 15.4. The van der Waals surface area contributed by atoms with Crippen molar-refractivity contribution in [1.82, 2.24) is 4.90 Å². The molecule has 0 aromatic rings. The van der Waals surface area contributed by atoms with Gasteiger partial charge in [-0.1, -0.05) is 33.1 Å². The molecule has 0 spiro atoms. The highest BCUT2D eigenvalue weighted by Crippen LogP contribution is 2.21. The maximum Gasteiger partial charge on any atom is 0.0589 e. The Bertz CT molecular complexity index is 164. The molecule has 0 heterocycles. The zero-order chi connectivity index (χ0) is 12.4. The number of ether oxygens (including phenoxy) is 1. The molecule has 1 atom stereocenters. The molecule has 0 bridgehead atoms. The van der Waals surface area contributed by atoms with E-state index in [-0.39, 0.29) is 5.54 Å². The van der Waals surface area contributed by atoms with Crippen LogP contribution >= 0.6 is 0 Å². The van der Waals surface area contributed by atoms with Gasteiger partial charge < -0.3 is 10.5 Å². The van der Waals surface area contributed by atoms with Crippen molar-refractivity contribution in [3.8, 4) is 0 Å². The molecular formula is C13H30N2O. The fraction of sp³-hybridized carbons (Fsp3) is 1.00. The zero-order valence-electron chi connectivity index (χ0n) is 11.6. The van der Waals surface area contributed by atoms with E-state index in [4.69, 9.17) is 10.5 Å². The molecule has 0 rings (SSSR count). The second-order valence-corrected chi connectivity index (χ2v) is 4.73. The predicted molar refractivity (Wildman–Crippen MR) is 70.7 cm³/mol. The van der Waals surface area contributed by atoms with Crippen LogP contribution in [0, 0.1) is 0 Å². The second kappa shape index (κ2) is 8.97. The number of methoxy groups -OCH3 is 1. The van der Waals surface area contributed by atoms with E-state index in [1.165, 1.54) is 25.7 Å². The largest absolute Gasteiger partial charge is 0.383 e. The number of unbranched alkanes of at least 4 members (excludes halogenated alkanes) is 2. The number of likely N-dealkylation sites (N-methyl/N-ethyl adjacent to an activating group) is 1. The lowest BCUT2D eigenvalue weighted by Gasteiger charge is -2.40. The van der Waals surface area contributed by atoms with Crippen LogP contribution in [0.3, 0.4) is 0 Å². The Morgan fingerprint density at radius 3 is 2.38 bits per heavy atom. The standard InChI is InChI=1S/C13H30N2O/c1-5-7-8-9-13(3,12-14)15(6-2)10-11-16-4/h5-12,14H2,1-4H3. The van der Waals surface area contributed by atoms with Crippen LogP contribution in [0.25, 0.3) is 0 Å². The van der Waals surface area contributed by atoms with E-state index in [2.05, 4.69) is 25.7 Å². The molecule has 0 aliphatic rings. The summed E-state index contributed by atoms with van der Waals surface area (Å²) in [4.78, 5) is 2.45. The fourth-order valence-corrected chi connectivity index (χ4v) is 2.16. The van der Waals surface area contributed by atoms with Crippen molar-refractivity contribution in [3.63, 3.8) is 0 Å². The van der Waals surface area contributed by atoms with Gasteiger partial charge in [0.15, 0.2) is 0 Å². The van der Waals surface area contributed by atoms with Crippen LogP contribution in [0.5, 0.6) is 0 Å². The van der Waals surface area contributed by atoms with Crippen molar-refractivity contribution in [2.75, 3.05) is 33.4 Å². The minimum Gasteiger partial charge on any atom is -0.383 e. The van der Waals surface area contributed by atoms with Crippen molar-refractivity contribution in [3.05, 3.63) is 0 Å². The summed E-state index contributed by atoms with van der Waals surface area (Å²) in [6.07, 6.45) is 5.03. The first-order valence-electron chi connectivity index (χ1n) is 6.58. The van der Waals surface area contributed by atoms with Gasteiger partial charge in [-0.2, -0.15) is 0 Å². The summed E-state index contributed by atoms with van der Waals surface area (Å²) in [7, 11) is 1.75. The van der Waals surface area contributed by atoms with Crippen molar-refractivity contribution < 1.29 is 4.74 Å². The van der Waals surface area contributed by atoms with Gasteiger partial charge in [-0.25, -0.2) is 0 Å². The predicted octanol–water partition coefficient (Wildman–Crippen LogP) is 2.25. The first-order valence-corrected chi connectivity index (χ1v) is 6.58. The molecule has 98 valence electrons. The molecule has 16 heavy (non-hydrogen) atoms. The summed E-state index contributed by atoms with van der Waals surface area (Å²) in [6.45, 7) is 10.3. The Kier molecular flexibility index (Phi) is 8.90. The van der Waals surface area contributed by atoms with Gasteiger partial charge in [0, 0.05) is 25.7 Å². The van der Waals surface area contributed by atoms with E-state index in [0.29, 0.717) is 0 Å². The Morgan fingerprint density at radius 2 is 1.94 bits per heavy atom. The Hall–Kier alpha value is -0.120. The summed E-state index contributed by atoms with van der Waals surface area (Å²) in [6, 6.07) is 0. The average molecular weight is 230 g/mol. The van der Waals surface area contributed by atoms with E-state index < -0.39 is 0 Å². The Balaban J connectivity index is 4.24. The molecule has 0 aliphatic carbocycles. The lowest BCUT2D eigenvalue weighted by atomic mass is 9.92. The average Bonchev–Trinajstić information content (AvgIpc) is 2.30. The number of nitrogens with zero attached hydrogens (tertiary/aromatic N) is 1. The molecule has 0 aromatic carbocycles. The monoisotopic (exact) mass is 230 g/mol. The SMILES string of the molecule is CCCCCC(C)(CN)N(CC)CCOC. The molecule has 0 aromatic heterocycles. The molecule has 3 heteroatoms. The van der Waals surface area contributed by atoms with Crippen molar-refractivity contribution >= 4 is 0 Å². The van der Waals surface area contributed by atoms with Crippen LogP contribution in [0.4, 0.5) is 0 Å². The molecule has 0 radical (unpaired) electrons. The third-order valence-electron chi connectivity index (χ3n) is 3.47. The van der Waals surface area contributed by atoms with Crippen LogP contribution in [0.1, 0.15) is 46.5 Å². The van der Waals surface area contributed by atoms with Crippen molar-refractivity contribution in [2.45, 2.75) is 52.0 Å². The third-order valence-corrected chi connectivity index (χ3v) is 3.47. The highest BCUT2D eigenvalue weighted by Gasteiger charge is 2.28. The summed E-state index contributed by atoms with van der Waals surface area (Å²) in [5.74, 6) is 0. The molecule has 0 saturated carbocycles. The Labute approximate surface area is 101 Å². The summed E-state index contributed by atoms with van der Waals surface area (Å²) < 4.78 is 5.16. The molecule has 0 saturated heterocycles. The minimum absolute atomic E-state index is 0.141. The lowest BCUT2D eigenvalue weighted by molar-refractivity contribution is 0.0680. The first-order chi connectivity index (χ1) is 7.64. The van der Waals surface area contributed by atoms with E-state index in [0.717, 1.165) is 26.2 Å². The van der Waals surface area contributed by atoms with Crippen molar-refractivity contribution in [2.24, 2.45) is 5.73 Å². The van der Waals surface area contributed by atoms with Gasteiger partial charge in [0.2, 0.25) is 0 Å². The molecule has 1 unspecified atom stereocenters. The van der Waals surface area contributed by atoms with Crippen LogP contribution in [0.15, 0.2) is 0 Å². The zero-order valence-corrected chi connectivity index (χ0v) is 11.6. The van der Waals surface area contributed by atoms with Gasteiger partial charge in [0.25, 0.3) is 0 Å². The van der Waals surface area contributed by atoms with Crippen LogP contribution < -0.4 is 5.73 Å². The number of hydrogen-bond acceptors (Lipinski definition) is 3.